The summed E-state index contributed by atoms with van der Waals surface area (Å²) in [6.07, 6.45) is -2.90. The summed E-state index contributed by atoms with van der Waals surface area (Å²) in [4.78, 5) is 8.90. The van der Waals surface area contributed by atoms with Crippen molar-refractivity contribution in [2.45, 2.75) is 25.1 Å². The summed E-state index contributed by atoms with van der Waals surface area (Å²) in [5.41, 5.74) is 0. The van der Waals surface area contributed by atoms with E-state index in [1.165, 1.54) is 6.42 Å². The smallest absolute Gasteiger partial charge is 0.475 e. The van der Waals surface area contributed by atoms with E-state index < -0.39 is 12.1 Å². The molecule has 1 fully saturated rings. The Morgan fingerprint density at radius 1 is 1.50 bits per heavy atom. The number of alkyl halides is 3. The lowest BCUT2D eigenvalue weighted by molar-refractivity contribution is -0.192. The number of carboxylic acid groups (broad SMARTS) is 1. The number of hydrogen-bond acceptors (Lipinski definition) is 3. The summed E-state index contributed by atoms with van der Waals surface area (Å²) in [6, 6.07) is 0.630. The lowest BCUT2D eigenvalue weighted by Crippen LogP contribution is -2.43. The highest BCUT2D eigenvalue weighted by molar-refractivity contribution is 5.73. The van der Waals surface area contributed by atoms with Crippen molar-refractivity contribution in [2.75, 3.05) is 13.2 Å². The highest BCUT2D eigenvalue weighted by atomic mass is 19.4. The molecule has 0 aliphatic carbocycles. The Kier molecular flexibility index (Phi) is 5.47. The summed E-state index contributed by atoms with van der Waals surface area (Å²) in [5, 5.41) is 18.7. The molecule has 1 aliphatic heterocycles. The standard InChI is InChI=1S/C5H11NO.C2HF3O2/c7-4-2-5-1-3-6-5;3-2(4,5)1(6)7/h5-7H,1-4H2;(H,6,7). The van der Waals surface area contributed by atoms with Gasteiger partial charge < -0.3 is 15.5 Å². The maximum absolute atomic E-state index is 10.6. The molecule has 0 aromatic carbocycles. The minimum Gasteiger partial charge on any atom is -0.475 e. The van der Waals surface area contributed by atoms with Crippen molar-refractivity contribution in [3.05, 3.63) is 0 Å². The van der Waals surface area contributed by atoms with Gasteiger partial charge in [-0.25, -0.2) is 4.79 Å². The van der Waals surface area contributed by atoms with Crippen molar-refractivity contribution in [1.29, 1.82) is 0 Å². The Bertz CT molecular complexity index is 180. The van der Waals surface area contributed by atoms with Crippen LogP contribution in [-0.4, -0.2) is 41.6 Å². The number of nitrogens with one attached hydrogen (secondary N) is 1. The molecule has 14 heavy (non-hydrogen) atoms. The van der Waals surface area contributed by atoms with Gasteiger partial charge in [0.15, 0.2) is 0 Å². The molecule has 0 amide bonds. The topological polar surface area (TPSA) is 69.6 Å². The van der Waals surface area contributed by atoms with Crippen LogP contribution < -0.4 is 5.32 Å². The molecule has 7 heteroatoms. The Hall–Kier alpha value is -0.820. The summed E-state index contributed by atoms with van der Waals surface area (Å²) in [7, 11) is 0. The van der Waals surface area contributed by atoms with E-state index in [2.05, 4.69) is 5.32 Å². The van der Waals surface area contributed by atoms with E-state index >= 15 is 0 Å². The number of aliphatic hydroxyl groups is 1. The maximum atomic E-state index is 10.6. The van der Waals surface area contributed by atoms with Gasteiger partial charge in [-0.15, -0.1) is 0 Å². The molecule has 0 bridgehead atoms. The van der Waals surface area contributed by atoms with Crippen molar-refractivity contribution in [2.24, 2.45) is 0 Å². The van der Waals surface area contributed by atoms with Crippen LogP contribution in [0.15, 0.2) is 0 Å². The molecule has 1 heterocycles. The van der Waals surface area contributed by atoms with Crippen LogP contribution in [0, 0.1) is 0 Å². The molecule has 1 unspecified atom stereocenters. The first-order valence-electron chi connectivity index (χ1n) is 4.02. The van der Waals surface area contributed by atoms with Crippen LogP contribution >= 0.6 is 0 Å². The van der Waals surface area contributed by atoms with Crippen molar-refractivity contribution in [1.82, 2.24) is 5.32 Å². The van der Waals surface area contributed by atoms with Gasteiger partial charge in [0.05, 0.1) is 0 Å². The number of rotatable bonds is 2. The molecule has 0 radical (unpaired) electrons. The normalized spacial score (nSPS) is 20.4. The van der Waals surface area contributed by atoms with Crippen molar-refractivity contribution >= 4 is 5.97 Å². The Morgan fingerprint density at radius 3 is 2.00 bits per heavy atom. The van der Waals surface area contributed by atoms with Gasteiger partial charge in [-0.3, -0.25) is 0 Å². The van der Waals surface area contributed by atoms with Crippen LogP contribution in [-0.2, 0) is 4.79 Å². The predicted molar refractivity (Wildman–Crippen MR) is 41.8 cm³/mol. The first kappa shape index (κ1) is 13.2. The molecular weight excluding hydrogens is 203 g/mol. The Morgan fingerprint density at radius 2 is 1.93 bits per heavy atom. The molecule has 0 saturated carbocycles. The van der Waals surface area contributed by atoms with Crippen LogP contribution in [0.4, 0.5) is 13.2 Å². The van der Waals surface area contributed by atoms with Crippen LogP contribution in [0.5, 0.6) is 0 Å². The summed E-state index contributed by atoms with van der Waals surface area (Å²) < 4.78 is 31.7. The molecular formula is C7H12F3NO3. The highest BCUT2D eigenvalue weighted by Crippen LogP contribution is 2.13. The fourth-order valence-electron chi connectivity index (χ4n) is 0.751. The van der Waals surface area contributed by atoms with Crippen molar-refractivity contribution in [3.63, 3.8) is 0 Å². The third-order valence-corrected chi connectivity index (χ3v) is 1.65. The lowest BCUT2D eigenvalue weighted by atomic mass is 10.1. The second-order valence-corrected chi connectivity index (χ2v) is 2.75. The quantitative estimate of drug-likeness (QED) is 0.622. The van der Waals surface area contributed by atoms with E-state index in [0.29, 0.717) is 12.6 Å². The van der Waals surface area contributed by atoms with Gasteiger partial charge in [-0.2, -0.15) is 13.2 Å². The number of hydrogen-bond donors (Lipinski definition) is 3. The van der Waals surface area contributed by atoms with Gasteiger partial charge in [-0.1, -0.05) is 0 Å². The van der Waals surface area contributed by atoms with Crippen LogP contribution in [0.2, 0.25) is 0 Å². The number of carbonyl (C=O) groups is 1. The molecule has 0 aromatic rings. The van der Waals surface area contributed by atoms with Gasteiger partial charge in [0, 0.05) is 12.6 Å². The second-order valence-electron chi connectivity index (χ2n) is 2.75. The van der Waals surface area contributed by atoms with E-state index in [1.54, 1.807) is 0 Å². The van der Waals surface area contributed by atoms with E-state index in [1.807, 2.05) is 0 Å². The third-order valence-electron chi connectivity index (χ3n) is 1.65. The Labute approximate surface area is 78.7 Å². The van der Waals surface area contributed by atoms with Crippen molar-refractivity contribution < 1.29 is 28.2 Å². The molecule has 84 valence electrons. The highest BCUT2D eigenvalue weighted by Gasteiger charge is 2.38. The number of aliphatic hydroxyl groups excluding tert-OH is 1. The van der Waals surface area contributed by atoms with Gasteiger partial charge in [0.2, 0.25) is 0 Å². The van der Waals surface area contributed by atoms with Crippen LogP contribution in [0.1, 0.15) is 12.8 Å². The molecule has 0 aromatic heterocycles. The van der Waals surface area contributed by atoms with E-state index in [0.717, 1.165) is 13.0 Å². The van der Waals surface area contributed by atoms with Gasteiger partial charge in [0.25, 0.3) is 0 Å². The predicted octanol–water partition coefficient (Wildman–Crippen LogP) is 0.364. The van der Waals surface area contributed by atoms with Gasteiger partial charge in [0.1, 0.15) is 0 Å². The van der Waals surface area contributed by atoms with Crippen LogP contribution in [0.3, 0.4) is 0 Å². The molecule has 4 nitrogen and oxygen atoms in total. The average Bonchev–Trinajstić information content (AvgIpc) is 1.96. The minimum absolute atomic E-state index is 0.331. The van der Waals surface area contributed by atoms with Gasteiger partial charge >= 0.3 is 12.1 Å². The summed E-state index contributed by atoms with van der Waals surface area (Å²) in [6.45, 7) is 1.47. The largest absolute Gasteiger partial charge is 0.490 e. The van der Waals surface area contributed by atoms with Crippen molar-refractivity contribution in [3.8, 4) is 0 Å². The second kappa shape index (κ2) is 5.82. The molecule has 1 rings (SSSR count). The fourth-order valence-corrected chi connectivity index (χ4v) is 0.751. The maximum Gasteiger partial charge on any atom is 0.490 e. The number of halogens is 3. The zero-order valence-corrected chi connectivity index (χ0v) is 7.34. The first-order valence-corrected chi connectivity index (χ1v) is 4.02. The summed E-state index contributed by atoms with van der Waals surface area (Å²) >= 11 is 0. The molecule has 1 atom stereocenters. The molecule has 0 spiro atoms. The zero-order valence-electron chi connectivity index (χ0n) is 7.34. The van der Waals surface area contributed by atoms with Crippen LogP contribution in [0.25, 0.3) is 0 Å². The van der Waals surface area contributed by atoms with Gasteiger partial charge in [-0.05, 0) is 19.4 Å². The molecule has 3 N–H and O–H groups in total. The SMILES string of the molecule is O=C(O)C(F)(F)F.OCCC1CCN1. The molecule has 1 saturated heterocycles. The molecule has 1 aliphatic rings. The fraction of sp³-hybridized carbons (Fsp3) is 0.857. The minimum atomic E-state index is -5.08. The number of carboxylic acids is 1. The Balaban J connectivity index is 0.000000241. The first-order chi connectivity index (χ1) is 6.38. The monoisotopic (exact) mass is 215 g/mol. The summed E-state index contributed by atoms with van der Waals surface area (Å²) in [5.74, 6) is -2.76. The van der Waals surface area contributed by atoms with E-state index in [-0.39, 0.29) is 0 Å². The third kappa shape index (κ3) is 5.76. The zero-order chi connectivity index (χ0) is 11.2. The number of aliphatic carboxylic acids is 1. The average molecular weight is 215 g/mol. The lowest BCUT2D eigenvalue weighted by Gasteiger charge is -2.26. The van der Waals surface area contributed by atoms with E-state index in [9.17, 15) is 13.2 Å². The van der Waals surface area contributed by atoms with E-state index in [4.69, 9.17) is 15.0 Å².